The van der Waals surface area contributed by atoms with Crippen LogP contribution in [-0.4, -0.2) is 21.7 Å². The van der Waals surface area contributed by atoms with E-state index in [1.165, 1.54) is 0 Å². The highest BCUT2D eigenvalue weighted by Crippen LogP contribution is 2.31. The number of methoxy groups -OCH3 is 1. The second-order valence-corrected chi connectivity index (χ2v) is 3.89. The van der Waals surface area contributed by atoms with E-state index in [-0.39, 0.29) is 0 Å². The zero-order valence-corrected chi connectivity index (χ0v) is 9.87. The molecule has 0 saturated carbocycles. The van der Waals surface area contributed by atoms with Crippen LogP contribution in [0.4, 0.5) is 5.69 Å². The van der Waals surface area contributed by atoms with Gasteiger partial charge in [0, 0.05) is 23.5 Å². The molecule has 0 aliphatic rings. The Morgan fingerprint density at radius 1 is 1.17 bits per heavy atom. The Hall–Kier alpha value is -2.56. The SMILES string of the molecule is COc1ccc(N)cc1-c1ccnc2ccnn12. The quantitative estimate of drug-likeness (QED) is 0.696. The van der Waals surface area contributed by atoms with Crippen LogP contribution in [0.15, 0.2) is 42.7 Å². The summed E-state index contributed by atoms with van der Waals surface area (Å²) in [4.78, 5) is 4.23. The number of benzene rings is 1. The lowest BCUT2D eigenvalue weighted by Gasteiger charge is -2.10. The second kappa shape index (κ2) is 4.03. The smallest absolute Gasteiger partial charge is 0.155 e. The van der Waals surface area contributed by atoms with Crippen molar-refractivity contribution in [2.24, 2.45) is 0 Å². The molecule has 3 rings (SSSR count). The molecule has 18 heavy (non-hydrogen) atoms. The Labute approximate surface area is 104 Å². The van der Waals surface area contributed by atoms with Gasteiger partial charge in [-0.25, -0.2) is 9.50 Å². The van der Waals surface area contributed by atoms with Crippen LogP contribution in [0.3, 0.4) is 0 Å². The number of hydrogen-bond donors (Lipinski definition) is 1. The molecule has 0 spiro atoms. The number of rotatable bonds is 2. The molecule has 5 nitrogen and oxygen atoms in total. The Morgan fingerprint density at radius 2 is 2.06 bits per heavy atom. The molecule has 0 aliphatic heterocycles. The van der Waals surface area contributed by atoms with Crippen LogP contribution in [0.5, 0.6) is 5.75 Å². The summed E-state index contributed by atoms with van der Waals surface area (Å²) in [6.07, 6.45) is 3.46. The lowest BCUT2D eigenvalue weighted by Crippen LogP contribution is -1.98. The third-order valence-electron chi connectivity index (χ3n) is 2.79. The second-order valence-electron chi connectivity index (χ2n) is 3.89. The van der Waals surface area contributed by atoms with Gasteiger partial charge < -0.3 is 10.5 Å². The minimum absolute atomic E-state index is 0.683. The molecule has 0 atom stereocenters. The third kappa shape index (κ3) is 1.57. The molecule has 2 N–H and O–H groups in total. The van der Waals surface area contributed by atoms with Gasteiger partial charge in [-0.2, -0.15) is 5.10 Å². The van der Waals surface area contributed by atoms with Gasteiger partial charge in [0.1, 0.15) is 5.75 Å². The van der Waals surface area contributed by atoms with Crippen LogP contribution >= 0.6 is 0 Å². The number of nitrogens with zero attached hydrogens (tertiary/aromatic N) is 3. The molecule has 0 aliphatic carbocycles. The summed E-state index contributed by atoms with van der Waals surface area (Å²) in [5.41, 5.74) is 9.10. The topological polar surface area (TPSA) is 65.4 Å². The summed E-state index contributed by atoms with van der Waals surface area (Å²) in [5.74, 6) is 0.757. The van der Waals surface area contributed by atoms with E-state index in [1.807, 2.05) is 30.3 Å². The maximum absolute atomic E-state index is 5.84. The Morgan fingerprint density at radius 3 is 2.89 bits per heavy atom. The van der Waals surface area contributed by atoms with E-state index in [0.717, 1.165) is 22.7 Å². The van der Waals surface area contributed by atoms with Gasteiger partial charge in [0.05, 0.1) is 19.0 Å². The highest BCUT2D eigenvalue weighted by atomic mass is 16.5. The Kier molecular flexibility index (Phi) is 2.37. The third-order valence-corrected chi connectivity index (χ3v) is 2.79. The molecule has 0 fully saturated rings. The summed E-state index contributed by atoms with van der Waals surface area (Å²) < 4.78 is 7.12. The van der Waals surface area contributed by atoms with Crippen molar-refractivity contribution in [3.8, 4) is 17.0 Å². The van der Waals surface area contributed by atoms with Crippen LogP contribution in [0.1, 0.15) is 0 Å². The van der Waals surface area contributed by atoms with Crippen molar-refractivity contribution >= 4 is 11.3 Å². The number of nitrogens with two attached hydrogens (primary N) is 1. The van der Waals surface area contributed by atoms with Crippen LogP contribution in [0.25, 0.3) is 16.9 Å². The average Bonchev–Trinajstić information content (AvgIpc) is 2.86. The largest absolute Gasteiger partial charge is 0.496 e. The zero-order chi connectivity index (χ0) is 12.5. The van der Waals surface area contributed by atoms with Crippen molar-refractivity contribution in [2.75, 3.05) is 12.8 Å². The first kappa shape index (κ1) is 10.6. The molecule has 0 saturated heterocycles. The van der Waals surface area contributed by atoms with Crippen molar-refractivity contribution in [3.63, 3.8) is 0 Å². The molecule has 2 aromatic heterocycles. The van der Waals surface area contributed by atoms with Gasteiger partial charge in [-0.1, -0.05) is 0 Å². The number of anilines is 1. The summed E-state index contributed by atoms with van der Waals surface area (Å²) in [7, 11) is 1.64. The minimum Gasteiger partial charge on any atom is -0.496 e. The number of aromatic nitrogens is 3. The highest BCUT2D eigenvalue weighted by molar-refractivity contribution is 5.72. The van der Waals surface area contributed by atoms with Crippen LogP contribution in [0, 0.1) is 0 Å². The standard InChI is InChI=1S/C13H12N4O/c1-18-12-3-2-9(14)8-10(12)11-4-6-15-13-5-7-16-17(11)13/h2-8H,14H2,1H3. The molecule has 0 bridgehead atoms. The molecule has 90 valence electrons. The summed E-state index contributed by atoms with van der Waals surface area (Å²) >= 11 is 0. The Bertz CT molecular complexity index is 705. The fourth-order valence-corrected chi connectivity index (χ4v) is 1.96. The molecular formula is C13H12N4O. The van der Waals surface area contributed by atoms with Crippen molar-refractivity contribution in [2.45, 2.75) is 0 Å². The van der Waals surface area contributed by atoms with E-state index < -0.39 is 0 Å². The molecule has 0 unspecified atom stereocenters. The van der Waals surface area contributed by atoms with Gasteiger partial charge in [-0.05, 0) is 24.3 Å². The average molecular weight is 240 g/mol. The van der Waals surface area contributed by atoms with Gasteiger partial charge in [0.15, 0.2) is 5.65 Å². The molecule has 0 amide bonds. The number of hydrogen-bond acceptors (Lipinski definition) is 4. The fraction of sp³-hybridized carbons (Fsp3) is 0.0769. The van der Waals surface area contributed by atoms with E-state index >= 15 is 0 Å². The van der Waals surface area contributed by atoms with Crippen LogP contribution in [-0.2, 0) is 0 Å². The lowest BCUT2D eigenvalue weighted by molar-refractivity contribution is 0.416. The molecule has 5 heteroatoms. The molecule has 0 radical (unpaired) electrons. The summed E-state index contributed by atoms with van der Waals surface area (Å²) in [6.45, 7) is 0. The first-order chi connectivity index (χ1) is 8.79. The summed E-state index contributed by atoms with van der Waals surface area (Å²) in [5, 5.41) is 4.26. The molecular weight excluding hydrogens is 228 g/mol. The maximum Gasteiger partial charge on any atom is 0.155 e. The van der Waals surface area contributed by atoms with Crippen LogP contribution in [0.2, 0.25) is 0 Å². The van der Waals surface area contributed by atoms with Gasteiger partial charge in [0.2, 0.25) is 0 Å². The first-order valence-corrected chi connectivity index (χ1v) is 5.52. The van der Waals surface area contributed by atoms with E-state index in [1.54, 1.807) is 24.0 Å². The van der Waals surface area contributed by atoms with Gasteiger partial charge in [0.25, 0.3) is 0 Å². The number of ether oxygens (including phenoxy) is 1. The van der Waals surface area contributed by atoms with Crippen molar-refractivity contribution in [3.05, 3.63) is 42.7 Å². The predicted octanol–water partition coefficient (Wildman–Crippen LogP) is 1.99. The van der Waals surface area contributed by atoms with Gasteiger partial charge in [-0.15, -0.1) is 0 Å². The van der Waals surface area contributed by atoms with E-state index in [0.29, 0.717) is 5.69 Å². The fourth-order valence-electron chi connectivity index (χ4n) is 1.96. The monoisotopic (exact) mass is 240 g/mol. The lowest BCUT2D eigenvalue weighted by atomic mass is 10.1. The maximum atomic E-state index is 5.84. The minimum atomic E-state index is 0.683. The van der Waals surface area contributed by atoms with E-state index in [4.69, 9.17) is 10.5 Å². The molecule has 2 heterocycles. The predicted molar refractivity (Wildman–Crippen MR) is 69.4 cm³/mol. The van der Waals surface area contributed by atoms with Crippen molar-refractivity contribution in [1.29, 1.82) is 0 Å². The van der Waals surface area contributed by atoms with Crippen molar-refractivity contribution in [1.82, 2.24) is 14.6 Å². The molecule has 1 aromatic carbocycles. The normalized spacial score (nSPS) is 10.7. The number of fused-ring (bicyclic) bond motifs is 1. The first-order valence-electron chi connectivity index (χ1n) is 5.52. The summed E-state index contributed by atoms with van der Waals surface area (Å²) in [6, 6.07) is 9.26. The van der Waals surface area contributed by atoms with Gasteiger partial charge >= 0.3 is 0 Å². The Balaban J connectivity index is 2.31. The van der Waals surface area contributed by atoms with Crippen molar-refractivity contribution < 1.29 is 4.74 Å². The zero-order valence-electron chi connectivity index (χ0n) is 9.87. The number of nitrogen functional groups attached to an aromatic ring is 1. The molecule has 3 aromatic rings. The van der Waals surface area contributed by atoms with Gasteiger partial charge in [-0.3, -0.25) is 0 Å². The highest BCUT2D eigenvalue weighted by Gasteiger charge is 2.10. The van der Waals surface area contributed by atoms with E-state index in [9.17, 15) is 0 Å². The van der Waals surface area contributed by atoms with Crippen LogP contribution < -0.4 is 10.5 Å². The van der Waals surface area contributed by atoms with E-state index in [2.05, 4.69) is 10.1 Å².